The molecule has 1 atom stereocenters. The van der Waals surface area contributed by atoms with Gasteiger partial charge in [-0.25, -0.2) is 0 Å². The van der Waals surface area contributed by atoms with Gasteiger partial charge in [-0.05, 0) is 37.0 Å². The number of ether oxygens (including phenoxy) is 1. The van der Waals surface area contributed by atoms with E-state index in [2.05, 4.69) is 24.5 Å². The van der Waals surface area contributed by atoms with Crippen LogP contribution in [0.1, 0.15) is 38.8 Å². The molecule has 0 aliphatic carbocycles. The van der Waals surface area contributed by atoms with Crippen LogP contribution in [0.25, 0.3) is 0 Å². The van der Waals surface area contributed by atoms with E-state index in [0.717, 1.165) is 24.3 Å². The lowest BCUT2D eigenvalue weighted by Gasteiger charge is -2.15. The molecule has 0 saturated carbocycles. The summed E-state index contributed by atoms with van der Waals surface area (Å²) in [7, 11) is 1.65. The Morgan fingerprint density at radius 3 is 2.40 bits per heavy atom. The van der Waals surface area contributed by atoms with E-state index in [0.29, 0.717) is 12.5 Å². The third-order valence-electron chi connectivity index (χ3n) is 3.23. The normalized spacial score (nSPS) is 12.2. The molecule has 1 aromatic rings. The number of hydrogen-bond donors (Lipinski definition) is 2. The van der Waals surface area contributed by atoms with Crippen molar-refractivity contribution < 1.29 is 9.53 Å². The molecule has 0 saturated heterocycles. The largest absolute Gasteiger partial charge is 0.497 e. The molecule has 112 valence electrons. The van der Waals surface area contributed by atoms with Gasteiger partial charge in [0.05, 0.1) is 13.7 Å². The van der Waals surface area contributed by atoms with Crippen LogP contribution in [0, 0.1) is 5.92 Å². The molecule has 0 bridgehead atoms. The maximum Gasteiger partial charge on any atom is 0.233 e. The van der Waals surface area contributed by atoms with Crippen LogP contribution < -0.4 is 15.4 Å². The zero-order chi connectivity index (χ0) is 15.0. The first-order valence-electron chi connectivity index (χ1n) is 7.17. The average Bonchev–Trinajstić information content (AvgIpc) is 2.44. The number of rotatable bonds is 8. The number of methoxy groups -OCH3 is 1. The summed E-state index contributed by atoms with van der Waals surface area (Å²) >= 11 is 0. The van der Waals surface area contributed by atoms with Crippen LogP contribution in [0.3, 0.4) is 0 Å². The molecule has 0 aliphatic rings. The summed E-state index contributed by atoms with van der Waals surface area (Å²) in [5.74, 6) is 1.50. The van der Waals surface area contributed by atoms with Gasteiger partial charge in [0.15, 0.2) is 0 Å². The number of benzene rings is 1. The Morgan fingerprint density at radius 2 is 1.85 bits per heavy atom. The lowest BCUT2D eigenvalue weighted by Crippen LogP contribution is -2.35. The fourth-order valence-electron chi connectivity index (χ4n) is 1.82. The summed E-state index contributed by atoms with van der Waals surface area (Å²) in [6, 6.07) is 8.00. The van der Waals surface area contributed by atoms with E-state index in [1.54, 1.807) is 7.11 Å². The molecule has 0 heterocycles. The Labute approximate surface area is 121 Å². The van der Waals surface area contributed by atoms with Gasteiger partial charge in [0.25, 0.3) is 0 Å². The minimum absolute atomic E-state index is 0.0472. The van der Waals surface area contributed by atoms with Gasteiger partial charge in [-0.2, -0.15) is 0 Å². The predicted octanol–water partition coefficient (Wildman–Crippen LogP) is 2.51. The fourth-order valence-corrected chi connectivity index (χ4v) is 1.82. The molecule has 1 rings (SSSR count). The summed E-state index contributed by atoms with van der Waals surface area (Å²) in [6.45, 7) is 7.43. The highest BCUT2D eigenvalue weighted by Gasteiger charge is 2.07. The molecule has 4 nitrogen and oxygen atoms in total. The van der Waals surface area contributed by atoms with Gasteiger partial charge >= 0.3 is 0 Å². The Morgan fingerprint density at radius 1 is 1.20 bits per heavy atom. The van der Waals surface area contributed by atoms with Crippen molar-refractivity contribution in [3.63, 3.8) is 0 Å². The third kappa shape index (κ3) is 6.06. The Kier molecular flexibility index (Phi) is 7.09. The fraction of sp³-hybridized carbons (Fsp3) is 0.562. The van der Waals surface area contributed by atoms with E-state index in [9.17, 15) is 4.79 Å². The summed E-state index contributed by atoms with van der Waals surface area (Å²) in [6.07, 6.45) is 1.01. The van der Waals surface area contributed by atoms with Crippen molar-refractivity contribution in [2.24, 2.45) is 5.92 Å². The van der Waals surface area contributed by atoms with Crippen molar-refractivity contribution in [1.82, 2.24) is 10.6 Å². The molecule has 0 fully saturated rings. The molecular formula is C16H26N2O2. The van der Waals surface area contributed by atoms with Gasteiger partial charge in [0.2, 0.25) is 5.91 Å². The SMILES string of the molecule is COc1ccc([C@H](C)NCC(=O)NCCC(C)C)cc1. The Bertz CT molecular complexity index is 401. The molecule has 0 aliphatic heterocycles. The second kappa shape index (κ2) is 8.59. The van der Waals surface area contributed by atoms with Crippen LogP contribution in [0.5, 0.6) is 5.75 Å². The topological polar surface area (TPSA) is 50.4 Å². The second-order valence-electron chi connectivity index (χ2n) is 5.41. The number of hydrogen-bond acceptors (Lipinski definition) is 3. The first-order valence-corrected chi connectivity index (χ1v) is 7.17. The van der Waals surface area contributed by atoms with E-state index in [4.69, 9.17) is 4.74 Å². The van der Waals surface area contributed by atoms with Gasteiger partial charge in [0.1, 0.15) is 5.75 Å². The van der Waals surface area contributed by atoms with Crippen LogP contribution in [0.2, 0.25) is 0 Å². The van der Waals surface area contributed by atoms with Crippen molar-refractivity contribution in [3.05, 3.63) is 29.8 Å². The van der Waals surface area contributed by atoms with E-state index in [1.807, 2.05) is 31.2 Å². The van der Waals surface area contributed by atoms with Crippen LogP contribution >= 0.6 is 0 Å². The molecule has 0 spiro atoms. The zero-order valence-electron chi connectivity index (χ0n) is 12.9. The van der Waals surface area contributed by atoms with E-state index in [-0.39, 0.29) is 11.9 Å². The second-order valence-corrected chi connectivity index (χ2v) is 5.41. The van der Waals surface area contributed by atoms with Gasteiger partial charge in [-0.15, -0.1) is 0 Å². The van der Waals surface area contributed by atoms with Crippen LogP contribution in [-0.2, 0) is 4.79 Å². The minimum atomic E-state index is 0.0472. The van der Waals surface area contributed by atoms with E-state index < -0.39 is 0 Å². The quantitative estimate of drug-likeness (QED) is 0.768. The Hall–Kier alpha value is -1.55. The highest BCUT2D eigenvalue weighted by molar-refractivity contribution is 5.77. The van der Waals surface area contributed by atoms with Crippen molar-refractivity contribution >= 4 is 5.91 Å². The predicted molar refractivity (Wildman–Crippen MR) is 81.9 cm³/mol. The summed E-state index contributed by atoms with van der Waals surface area (Å²) in [4.78, 5) is 11.7. The average molecular weight is 278 g/mol. The van der Waals surface area contributed by atoms with Gasteiger partial charge in [0, 0.05) is 12.6 Å². The standard InChI is InChI=1S/C16H26N2O2/c1-12(2)9-10-17-16(19)11-18-13(3)14-5-7-15(20-4)8-6-14/h5-8,12-13,18H,9-11H2,1-4H3,(H,17,19)/t13-/m0/s1. The lowest BCUT2D eigenvalue weighted by atomic mass is 10.1. The molecular weight excluding hydrogens is 252 g/mol. The molecule has 20 heavy (non-hydrogen) atoms. The van der Waals surface area contributed by atoms with Gasteiger partial charge in [-0.1, -0.05) is 26.0 Å². The van der Waals surface area contributed by atoms with E-state index >= 15 is 0 Å². The number of carbonyl (C=O) groups excluding carboxylic acids is 1. The van der Waals surface area contributed by atoms with Crippen LogP contribution in [-0.4, -0.2) is 26.1 Å². The molecule has 2 N–H and O–H groups in total. The molecule has 1 aromatic carbocycles. The van der Waals surface area contributed by atoms with Crippen molar-refractivity contribution in [2.45, 2.75) is 33.2 Å². The maximum atomic E-state index is 11.7. The summed E-state index contributed by atoms with van der Waals surface area (Å²) in [5, 5.41) is 6.14. The number of amides is 1. The molecule has 0 aromatic heterocycles. The van der Waals surface area contributed by atoms with Crippen LogP contribution in [0.15, 0.2) is 24.3 Å². The molecule has 0 radical (unpaired) electrons. The first-order chi connectivity index (χ1) is 9.52. The highest BCUT2D eigenvalue weighted by atomic mass is 16.5. The third-order valence-corrected chi connectivity index (χ3v) is 3.23. The zero-order valence-corrected chi connectivity index (χ0v) is 12.9. The molecule has 1 amide bonds. The van der Waals surface area contributed by atoms with Crippen molar-refractivity contribution in [3.8, 4) is 5.75 Å². The monoisotopic (exact) mass is 278 g/mol. The van der Waals surface area contributed by atoms with Crippen molar-refractivity contribution in [1.29, 1.82) is 0 Å². The van der Waals surface area contributed by atoms with Gasteiger partial charge < -0.3 is 15.4 Å². The summed E-state index contributed by atoms with van der Waals surface area (Å²) < 4.78 is 5.13. The maximum absolute atomic E-state index is 11.7. The smallest absolute Gasteiger partial charge is 0.233 e. The minimum Gasteiger partial charge on any atom is -0.497 e. The van der Waals surface area contributed by atoms with Crippen LogP contribution in [0.4, 0.5) is 0 Å². The van der Waals surface area contributed by atoms with Gasteiger partial charge in [-0.3, -0.25) is 4.79 Å². The number of nitrogens with one attached hydrogen (secondary N) is 2. The van der Waals surface area contributed by atoms with Crippen molar-refractivity contribution in [2.75, 3.05) is 20.2 Å². The highest BCUT2D eigenvalue weighted by Crippen LogP contribution is 2.16. The number of carbonyl (C=O) groups is 1. The van der Waals surface area contributed by atoms with E-state index in [1.165, 1.54) is 0 Å². The molecule has 4 heteroatoms. The molecule has 0 unspecified atom stereocenters. The first kappa shape index (κ1) is 16.5. The lowest BCUT2D eigenvalue weighted by molar-refractivity contribution is -0.120. The summed E-state index contributed by atoms with van der Waals surface area (Å²) in [5.41, 5.74) is 1.14. The Balaban J connectivity index is 2.31.